The van der Waals surface area contributed by atoms with E-state index in [4.69, 9.17) is 10.5 Å². The van der Waals surface area contributed by atoms with Gasteiger partial charge in [-0.2, -0.15) is 0 Å². The van der Waals surface area contributed by atoms with Crippen LogP contribution in [0.5, 0.6) is 11.5 Å². The van der Waals surface area contributed by atoms with Gasteiger partial charge in [-0.3, -0.25) is 14.5 Å². The van der Waals surface area contributed by atoms with Gasteiger partial charge >= 0.3 is 6.03 Å². The average molecular weight is 810 g/mol. The second-order valence-corrected chi connectivity index (χ2v) is 14.6. The van der Waals surface area contributed by atoms with Gasteiger partial charge in [0.25, 0.3) is 0 Å². The van der Waals surface area contributed by atoms with Gasteiger partial charge in [-0.05, 0) is 132 Å². The van der Waals surface area contributed by atoms with Gasteiger partial charge in [0.05, 0.1) is 16.1 Å². The van der Waals surface area contributed by atoms with Crippen LogP contribution in [0.15, 0.2) is 45.3 Å². The fourth-order valence-electron chi connectivity index (χ4n) is 6.45. The lowest BCUT2D eigenvalue weighted by atomic mass is 10.0. The van der Waals surface area contributed by atoms with Gasteiger partial charge in [0.15, 0.2) is 0 Å². The van der Waals surface area contributed by atoms with Gasteiger partial charge in [0.1, 0.15) is 23.6 Å². The highest BCUT2D eigenvalue weighted by Gasteiger charge is 2.33. The second kappa shape index (κ2) is 19.5. The van der Waals surface area contributed by atoms with Crippen molar-refractivity contribution < 1.29 is 24.2 Å². The standard InChI is InChI=1S/C35H51Br2N7O5/c1-42-14-10-26(11-15-42)43-16-18-44(19-17-43)34(47)30(8-3-4-12-38)40-33(46)31(23-25-21-28(36)32(45)29(37)22-25)41-35(48)39-13-9-24-6-5-7-27(20-24)49-2/h5-7,20-22,26,30-31,45H,3-4,8-19,23,38H2,1-2H3,(H,40,46)(H2,39,41,48)/t30-,31-/m0/s1. The highest BCUT2D eigenvalue weighted by Crippen LogP contribution is 2.33. The summed E-state index contributed by atoms with van der Waals surface area (Å²) in [6, 6.07) is 9.33. The third-order valence-electron chi connectivity index (χ3n) is 9.36. The Morgan fingerprint density at radius 2 is 1.65 bits per heavy atom. The van der Waals surface area contributed by atoms with Gasteiger partial charge in [0, 0.05) is 45.2 Å². The monoisotopic (exact) mass is 807 g/mol. The molecule has 2 heterocycles. The number of nitrogens with one attached hydrogen (secondary N) is 3. The topological polar surface area (TPSA) is 153 Å². The Hall–Kier alpha value is -2.91. The predicted molar refractivity (Wildman–Crippen MR) is 198 cm³/mol. The number of rotatable bonds is 15. The van der Waals surface area contributed by atoms with Crippen molar-refractivity contribution in [3.05, 3.63) is 56.5 Å². The van der Waals surface area contributed by atoms with Crippen LogP contribution in [0.1, 0.15) is 43.2 Å². The molecule has 0 aliphatic carbocycles. The number of nitrogens with two attached hydrogens (primary N) is 1. The van der Waals surface area contributed by atoms with E-state index < -0.39 is 24.0 Å². The van der Waals surface area contributed by atoms with Crippen LogP contribution in [0.25, 0.3) is 0 Å². The molecule has 0 saturated carbocycles. The molecule has 4 amide bonds. The minimum Gasteiger partial charge on any atom is -0.506 e. The quantitative estimate of drug-likeness (QED) is 0.172. The van der Waals surface area contributed by atoms with Crippen LogP contribution < -0.4 is 26.4 Å². The zero-order valence-electron chi connectivity index (χ0n) is 28.6. The van der Waals surface area contributed by atoms with Gasteiger partial charge in [-0.15, -0.1) is 0 Å². The molecular formula is C35H51Br2N7O5. The molecule has 49 heavy (non-hydrogen) atoms. The van der Waals surface area contributed by atoms with E-state index in [2.05, 4.69) is 64.7 Å². The number of unbranched alkanes of at least 4 members (excludes halogenated alkanes) is 1. The zero-order chi connectivity index (χ0) is 35.3. The van der Waals surface area contributed by atoms with Crippen LogP contribution >= 0.6 is 31.9 Å². The van der Waals surface area contributed by atoms with Crippen LogP contribution in [0.4, 0.5) is 4.79 Å². The molecule has 2 saturated heterocycles. The summed E-state index contributed by atoms with van der Waals surface area (Å²) in [5.41, 5.74) is 7.47. The molecule has 12 nitrogen and oxygen atoms in total. The Kier molecular flexibility index (Phi) is 15.5. The van der Waals surface area contributed by atoms with E-state index in [0.29, 0.717) is 66.0 Å². The molecule has 0 radical (unpaired) electrons. The number of nitrogens with zero attached hydrogens (tertiary/aromatic N) is 3. The number of halogens is 2. The van der Waals surface area contributed by atoms with Crippen molar-refractivity contribution in [2.24, 2.45) is 5.73 Å². The summed E-state index contributed by atoms with van der Waals surface area (Å²) in [5.74, 6) is 0.207. The summed E-state index contributed by atoms with van der Waals surface area (Å²) < 4.78 is 6.19. The lowest BCUT2D eigenvalue weighted by Gasteiger charge is -2.42. The van der Waals surface area contributed by atoms with E-state index in [9.17, 15) is 19.5 Å². The molecule has 2 aromatic rings. The van der Waals surface area contributed by atoms with Crippen molar-refractivity contribution in [2.45, 2.75) is 63.1 Å². The largest absolute Gasteiger partial charge is 0.506 e. The first-order chi connectivity index (χ1) is 23.6. The number of methoxy groups -OCH3 is 1. The number of hydrogen-bond acceptors (Lipinski definition) is 8. The van der Waals surface area contributed by atoms with E-state index in [1.165, 1.54) is 0 Å². The number of urea groups is 1. The molecule has 2 aliphatic heterocycles. The minimum absolute atomic E-state index is 0.0366. The van der Waals surface area contributed by atoms with E-state index in [1.807, 2.05) is 29.2 Å². The van der Waals surface area contributed by atoms with Crippen LogP contribution in [-0.2, 0) is 22.4 Å². The maximum atomic E-state index is 14.0. The van der Waals surface area contributed by atoms with Crippen molar-refractivity contribution >= 4 is 49.7 Å². The molecule has 2 aliphatic rings. The lowest BCUT2D eigenvalue weighted by Crippen LogP contribution is -2.59. The fraction of sp³-hybridized carbons (Fsp3) is 0.571. The van der Waals surface area contributed by atoms with E-state index in [1.54, 1.807) is 19.2 Å². The Labute approximate surface area is 306 Å². The van der Waals surface area contributed by atoms with Crippen molar-refractivity contribution in [1.82, 2.24) is 30.7 Å². The number of ether oxygens (including phenoxy) is 1. The van der Waals surface area contributed by atoms with E-state index >= 15 is 0 Å². The molecule has 0 unspecified atom stereocenters. The van der Waals surface area contributed by atoms with Gasteiger partial charge < -0.3 is 41.3 Å². The Bertz CT molecular complexity index is 1380. The van der Waals surface area contributed by atoms with Crippen LogP contribution in [-0.4, -0.2) is 122 Å². The smallest absolute Gasteiger partial charge is 0.315 e. The van der Waals surface area contributed by atoms with E-state index in [-0.39, 0.29) is 18.1 Å². The number of benzene rings is 2. The number of piperazine rings is 1. The summed E-state index contributed by atoms with van der Waals surface area (Å²) in [6.07, 6.45) is 4.85. The molecule has 14 heteroatoms. The Morgan fingerprint density at radius 3 is 2.31 bits per heavy atom. The first-order valence-electron chi connectivity index (χ1n) is 17.1. The Balaban J connectivity index is 1.43. The van der Waals surface area contributed by atoms with Crippen molar-refractivity contribution in [3.8, 4) is 11.5 Å². The summed E-state index contributed by atoms with van der Waals surface area (Å²) in [4.78, 5) is 47.7. The number of phenols is 1. The highest BCUT2D eigenvalue weighted by molar-refractivity contribution is 9.11. The van der Waals surface area contributed by atoms with Crippen LogP contribution in [0.3, 0.4) is 0 Å². The summed E-state index contributed by atoms with van der Waals surface area (Å²) >= 11 is 6.71. The zero-order valence-corrected chi connectivity index (χ0v) is 31.7. The second-order valence-electron chi connectivity index (χ2n) is 12.9. The fourth-order valence-corrected chi connectivity index (χ4v) is 7.73. The van der Waals surface area contributed by atoms with Gasteiger partial charge in [-0.1, -0.05) is 12.1 Å². The molecule has 0 aromatic heterocycles. The third-order valence-corrected chi connectivity index (χ3v) is 10.6. The molecule has 2 aromatic carbocycles. The number of carbonyl (C=O) groups is 3. The summed E-state index contributed by atoms with van der Waals surface area (Å²) in [7, 11) is 3.76. The molecule has 4 rings (SSSR count). The first kappa shape index (κ1) is 38.9. The van der Waals surface area contributed by atoms with Gasteiger partial charge in [0.2, 0.25) is 11.8 Å². The molecule has 270 valence electrons. The number of phenolic OH excluding ortho intramolecular Hbond substituents is 1. The number of carbonyl (C=O) groups excluding carboxylic acids is 3. The minimum atomic E-state index is -0.994. The number of piperidine rings is 1. The Morgan fingerprint density at radius 1 is 0.959 bits per heavy atom. The molecule has 0 bridgehead atoms. The molecule has 2 fully saturated rings. The van der Waals surface area contributed by atoms with Crippen molar-refractivity contribution in [1.29, 1.82) is 0 Å². The third kappa shape index (κ3) is 11.8. The van der Waals surface area contributed by atoms with Crippen molar-refractivity contribution in [2.75, 3.05) is 66.5 Å². The normalized spacial score (nSPS) is 17.3. The molecular weight excluding hydrogens is 758 g/mol. The summed E-state index contributed by atoms with van der Waals surface area (Å²) in [5, 5.41) is 18.9. The number of aromatic hydroxyl groups is 1. The SMILES string of the molecule is COc1cccc(CCNC(=O)N[C@@H](Cc2cc(Br)c(O)c(Br)c2)C(=O)N[C@@H](CCCCN)C(=O)N2CCN(C3CCN(C)CC3)CC2)c1. The maximum Gasteiger partial charge on any atom is 0.315 e. The maximum absolute atomic E-state index is 14.0. The predicted octanol–water partition coefficient (Wildman–Crippen LogP) is 3.23. The molecule has 6 N–H and O–H groups in total. The average Bonchev–Trinajstić information content (AvgIpc) is 3.10. The highest BCUT2D eigenvalue weighted by atomic mass is 79.9. The van der Waals surface area contributed by atoms with E-state index in [0.717, 1.165) is 56.8 Å². The number of hydrogen-bond donors (Lipinski definition) is 5. The number of amides is 4. The summed E-state index contributed by atoms with van der Waals surface area (Å²) in [6.45, 7) is 5.87. The van der Waals surface area contributed by atoms with Crippen LogP contribution in [0, 0.1) is 0 Å². The first-order valence-corrected chi connectivity index (χ1v) is 18.7. The van der Waals surface area contributed by atoms with Crippen LogP contribution in [0.2, 0.25) is 0 Å². The van der Waals surface area contributed by atoms with Crippen molar-refractivity contribution in [3.63, 3.8) is 0 Å². The van der Waals surface area contributed by atoms with Gasteiger partial charge in [-0.25, -0.2) is 4.79 Å². The molecule has 2 atom stereocenters. The molecule has 0 spiro atoms. The number of likely N-dealkylation sites (tertiary alicyclic amines) is 1. The lowest BCUT2D eigenvalue weighted by molar-refractivity contribution is -0.139.